The number of thioether (sulfide) groups is 2. The van der Waals surface area contributed by atoms with Gasteiger partial charge in [-0.15, -0.1) is 6.42 Å². The van der Waals surface area contributed by atoms with Crippen LogP contribution in [0.4, 0.5) is 0 Å². The number of H-pyrrole nitrogens is 2. The van der Waals surface area contributed by atoms with E-state index >= 15 is 0 Å². The quantitative estimate of drug-likeness (QED) is 0.668. The summed E-state index contributed by atoms with van der Waals surface area (Å²) in [5.74, 6) is 3.50. The van der Waals surface area contributed by atoms with Crippen molar-refractivity contribution in [2.24, 2.45) is 9.98 Å². The van der Waals surface area contributed by atoms with Gasteiger partial charge in [-0.1, -0.05) is 29.8 Å². The van der Waals surface area contributed by atoms with E-state index in [-0.39, 0.29) is 5.56 Å². The average molecular weight is 394 g/mol. The Hall–Kier alpha value is -2.96. The van der Waals surface area contributed by atoms with Crippen molar-refractivity contribution in [1.29, 1.82) is 0 Å². The second kappa shape index (κ2) is 7.34. The third-order valence-corrected chi connectivity index (χ3v) is 6.00. The molecule has 4 rings (SSSR count). The lowest BCUT2D eigenvalue weighted by Gasteiger charge is -1.98. The molecular weight excluding hydrogens is 380 g/mol. The van der Waals surface area contributed by atoms with E-state index in [0.717, 1.165) is 26.1 Å². The fourth-order valence-corrected chi connectivity index (χ4v) is 4.41. The number of fused-ring (bicyclic) bond motifs is 1. The number of para-hydroxylation sites is 2. The van der Waals surface area contributed by atoms with Crippen LogP contribution in [0, 0.1) is 12.3 Å². The lowest BCUT2D eigenvalue weighted by Crippen LogP contribution is -2.14. The highest BCUT2D eigenvalue weighted by Gasteiger charge is 2.20. The number of aromatic amines is 2. The molecule has 2 N–H and O–H groups in total. The molecule has 0 radical (unpaired) electrons. The second-order valence-corrected chi connectivity index (χ2v) is 7.73. The van der Waals surface area contributed by atoms with Crippen molar-refractivity contribution in [1.82, 2.24) is 19.7 Å². The Labute approximate surface area is 163 Å². The van der Waals surface area contributed by atoms with Crippen LogP contribution in [0.3, 0.4) is 0 Å². The van der Waals surface area contributed by atoms with Crippen LogP contribution in [0.2, 0.25) is 0 Å². The summed E-state index contributed by atoms with van der Waals surface area (Å²) in [6, 6.07) is 9.20. The highest BCUT2D eigenvalue weighted by atomic mass is 32.2. The minimum absolute atomic E-state index is 0.172. The van der Waals surface area contributed by atoms with Gasteiger partial charge in [0.1, 0.15) is 15.1 Å². The minimum atomic E-state index is -0.172. The third-order valence-electron chi connectivity index (χ3n) is 3.75. The van der Waals surface area contributed by atoms with E-state index in [1.165, 1.54) is 28.2 Å². The van der Waals surface area contributed by atoms with E-state index in [4.69, 9.17) is 6.42 Å². The van der Waals surface area contributed by atoms with Crippen LogP contribution in [-0.4, -0.2) is 36.2 Å². The number of hydrogen-bond acceptors (Lipinski definition) is 6. The third kappa shape index (κ3) is 3.49. The summed E-state index contributed by atoms with van der Waals surface area (Å²) in [6.07, 6.45) is 6.92. The molecule has 0 spiro atoms. The lowest BCUT2D eigenvalue weighted by molar-refractivity contribution is 0.789. The van der Waals surface area contributed by atoms with Gasteiger partial charge in [0.15, 0.2) is 0 Å². The molecular formula is C18H14N6OS2. The molecule has 1 aliphatic rings. The first-order valence-corrected chi connectivity index (χ1v) is 9.77. The molecule has 0 fully saturated rings. The summed E-state index contributed by atoms with van der Waals surface area (Å²) >= 11 is 2.99. The Morgan fingerprint density at radius 2 is 2.30 bits per heavy atom. The molecule has 0 unspecified atom stereocenters. The first kappa shape index (κ1) is 17.5. The molecule has 1 aliphatic heterocycles. The van der Waals surface area contributed by atoms with Gasteiger partial charge in [0.2, 0.25) is 5.95 Å². The number of rotatable bonds is 3. The van der Waals surface area contributed by atoms with Gasteiger partial charge in [0.25, 0.3) is 5.56 Å². The van der Waals surface area contributed by atoms with Gasteiger partial charge in [-0.05, 0) is 23.9 Å². The van der Waals surface area contributed by atoms with Gasteiger partial charge in [-0.25, -0.2) is 9.98 Å². The van der Waals surface area contributed by atoms with E-state index < -0.39 is 0 Å². The fraction of sp³-hybridized carbons (Fsp3) is 0.111. The van der Waals surface area contributed by atoms with Gasteiger partial charge < -0.3 is 4.98 Å². The zero-order valence-corrected chi connectivity index (χ0v) is 15.9. The maximum absolute atomic E-state index is 12.3. The minimum Gasteiger partial charge on any atom is -0.322 e. The predicted molar refractivity (Wildman–Crippen MR) is 113 cm³/mol. The zero-order valence-electron chi connectivity index (χ0n) is 14.3. The van der Waals surface area contributed by atoms with Crippen molar-refractivity contribution in [2.75, 3.05) is 7.05 Å². The summed E-state index contributed by atoms with van der Waals surface area (Å²) in [4.78, 5) is 28.6. The first-order valence-electron chi connectivity index (χ1n) is 7.97. The molecule has 134 valence electrons. The Kier molecular flexibility index (Phi) is 4.75. The molecule has 2 aromatic heterocycles. The molecule has 1 aromatic carbocycles. The van der Waals surface area contributed by atoms with E-state index in [2.05, 4.69) is 31.0 Å². The molecule has 0 saturated heterocycles. The average Bonchev–Trinajstić information content (AvgIpc) is 3.36. The van der Waals surface area contributed by atoms with Crippen LogP contribution in [0.1, 0.15) is 5.69 Å². The Morgan fingerprint density at radius 3 is 3.07 bits per heavy atom. The van der Waals surface area contributed by atoms with E-state index in [1.807, 2.05) is 24.3 Å². The van der Waals surface area contributed by atoms with Crippen LogP contribution in [0.15, 0.2) is 56.9 Å². The van der Waals surface area contributed by atoms with Gasteiger partial charge in [0, 0.05) is 30.6 Å². The number of benzene rings is 1. The largest absolute Gasteiger partial charge is 0.322 e. The number of allylic oxidation sites excluding steroid dienone is 1. The van der Waals surface area contributed by atoms with Gasteiger partial charge in [-0.3, -0.25) is 14.9 Å². The molecule has 7 nitrogen and oxygen atoms in total. The molecule has 0 atom stereocenters. The van der Waals surface area contributed by atoms with Crippen LogP contribution in [0.5, 0.6) is 0 Å². The molecule has 9 heteroatoms. The van der Waals surface area contributed by atoms with Gasteiger partial charge >= 0.3 is 0 Å². The van der Waals surface area contributed by atoms with Crippen molar-refractivity contribution in [3.8, 4) is 18.3 Å². The summed E-state index contributed by atoms with van der Waals surface area (Å²) in [5, 5.41) is 3.89. The van der Waals surface area contributed by atoms with Crippen molar-refractivity contribution in [3.05, 3.63) is 58.2 Å². The number of nitrogens with zero attached hydrogens (tertiary/aromatic N) is 4. The van der Waals surface area contributed by atoms with Crippen molar-refractivity contribution in [2.45, 2.75) is 5.75 Å². The molecule has 0 aliphatic carbocycles. The number of aliphatic imine (C=N–C) groups is 2. The number of aromatic nitrogens is 4. The SMILES string of the molecule is C#C/C=C1/N=C(SCc2cc(=O)n(-c3nc4ccccc4[nH]3)[nH]2)S/C1=N/C. The fourth-order valence-electron chi connectivity index (χ4n) is 2.56. The summed E-state index contributed by atoms with van der Waals surface area (Å²) in [7, 11) is 1.71. The second-order valence-electron chi connectivity index (χ2n) is 5.53. The van der Waals surface area contributed by atoms with Crippen LogP contribution < -0.4 is 5.56 Å². The Balaban J connectivity index is 1.53. The molecule has 27 heavy (non-hydrogen) atoms. The number of terminal acetylenes is 1. The van der Waals surface area contributed by atoms with Crippen LogP contribution in [-0.2, 0) is 5.75 Å². The van der Waals surface area contributed by atoms with Crippen molar-refractivity contribution >= 4 is 44.0 Å². The molecule has 0 bridgehead atoms. The molecule has 0 amide bonds. The Bertz CT molecular complexity index is 1170. The van der Waals surface area contributed by atoms with Gasteiger partial charge in [-0.2, -0.15) is 4.68 Å². The van der Waals surface area contributed by atoms with E-state index in [0.29, 0.717) is 17.4 Å². The van der Waals surface area contributed by atoms with Crippen molar-refractivity contribution in [3.63, 3.8) is 0 Å². The van der Waals surface area contributed by atoms with Gasteiger partial charge in [0.05, 0.1) is 11.0 Å². The monoisotopic (exact) mass is 394 g/mol. The summed E-state index contributed by atoms with van der Waals surface area (Å²) < 4.78 is 2.25. The normalized spacial score (nSPS) is 17.0. The van der Waals surface area contributed by atoms with E-state index in [1.54, 1.807) is 19.2 Å². The maximum Gasteiger partial charge on any atom is 0.274 e. The number of hydrogen-bond donors (Lipinski definition) is 2. The Morgan fingerprint density at radius 1 is 1.44 bits per heavy atom. The smallest absolute Gasteiger partial charge is 0.274 e. The van der Waals surface area contributed by atoms with E-state index in [9.17, 15) is 4.79 Å². The van der Waals surface area contributed by atoms with Crippen LogP contribution in [0.25, 0.3) is 17.0 Å². The molecule has 3 heterocycles. The molecule has 3 aromatic rings. The molecule has 0 saturated carbocycles. The van der Waals surface area contributed by atoms with Crippen LogP contribution >= 0.6 is 23.5 Å². The topological polar surface area (TPSA) is 91.2 Å². The van der Waals surface area contributed by atoms with Crippen molar-refractivity contribution < 1.29 is 0 Å². The number of nitrogens with one attached hydrogen (secondary N) is 2. The maximum atomic E-state index is 12.3. The number of imidazole rings is 1. The highest BCUT2D eigenvalue weighted by Crippen LogP contribution is 2.32. The lowest BCUT2D eigenvalue weighted by atomic mass is 10.3. The summed E-state index contributed by atoms with van der Waals surface area (Å²) in [6.45, 7) is 0. The summed E-state index contributed by atoms with van der Waals surface area (Å²) in [5.41, 5.74) is 2.98. The zero-order chi connectivity index (χ0) is 18.8. The highest BCUT2D eigenvalue weighted by molar-refractivity contribution is 8.45. The predicted octanol–water partition coefficient (Wildman–Crippen LogP) is 2.92. The standard InChI is InChI=1S/C18H14N6OS2/c1-3-6-14-16(19-2)27-18(22-14)26-10-11-9-15(25)24(23-11)17-20-12-7-4-5-8-13(12)21-17/h1,4-9,23H,10H2,2H3,(H,20,21)/b14-6+,19-16+. The first-order chi connectivity index (χ1) is 13.2.